The van der Waals surface area contributed by atoms with Crippen LogP contribution in [0.3, 0.4) is 0 Å². The number of pyridine rings is 1. The van der Waals surface area contributed by atoms with Gasteiger partial charge in [0.2, 0.25) is 10.0 Å². The minimum absolute atomic E-state index is 0.0376. The summed E-state index contributed by atoms with van der Waals surface area (Å²) in [5, 5.41) is 8.93. The highest BCUT2D eigenvalue weighted by Crippen LogP contribution is 2.30. The zero-order valence-corrected chi connectivity index (χ0v) is 11.7. The molecule has 6 nitrogen and oxygen atoms in total. The number of carbonyl (C=O) groups is 1. The highest BCUT2D eigenvalue weighted by atomic mass is 35.5. The molecular formula is C11H13ClN2O4S. The van der Waals surface area contributed by atoms with Crippen LogP contribution in [0.5, 0.6) is 0 Å². The lowest BCUT2D eigenvalue weighted by atomic mass is 9.99. The van der Waals surface area contributed by atoms with Crippen LogP contribution in [0.4, 0.5) is 0 Å². The first-order valence-corrected chi connectivity index (χ1v) is 7.49. The molecule has 104 valence electrons. The number of hydrogen-bond donors (Lipinski definition) is 1. The summed E-state index contributed by atoms with van der Waals surface area (Å²) in [6, 6.07) is 2.84. The summed E-state index contributed by atoms with van der Waals surface area (Å²) < 4.78 is 25.9. The van der Waals surface area contributed by atoms with Gasteiger partial charge in [-0.15, -0.1) is 0 Å². The maximum atomic E-state index is 12.4. The second-order valence-electron chi connectivity index (χ2n) is 4.54. The number of halogens is 1. The quantitative estimate of drug-likeness (QED) is 0.844. The monoisotopic (exact) mass is 304 g/mol. The van der Waals surface area contributed by atoms with E-state index in [1.807, 2.05) is 0 Å². The van der Waals surface area contributed by atoms with Crippen LogP contribution < -0.4 is 0 Å². The molecule has 0 aliphatic carbocycles. The van der Waals surface area contributed by atoms with E-state index in [-0.39, 0.29) is 29.1 Å². The van der Waals surface area contributed by atoms with Crippen LogP contribution in [0.25, 0.3) is 0 Å². The van der Waals surface area contributed by atoms with E-state index in [1.54, 1.807) is 6.92 Å². The second kappa shape index (κ2) is 5.07. The average Bonchev–Trinajstić information content (AvgIpc) is 2.72. The fraction of sp³-hybridized carbons (Fsp3) is 0.455. The minimum Gasteiger partial charge on any atom is -0.481 e. The molecule has 2 heterocycles. The number of hydrogen-bond acceptors (Lipinski definition) is 4. The summed E-state index contributed by atoms with van der Waals surface area (Å²) in [4.78, 5) is 14.7. The number of sulfonamides is 1. The third kappa shape index (κ3) is 2.58. The maximum absolute atomic E-state index is 12.4. The highest BCUT2D eigenvalue weighted by Gasteiger charge is 2.41. The largest absolute Gasteiger partial charge is 0.481 e. The van der Waals surface area contributed by atoms with Crippen molar-refractivity contribution in [3.63, 3.8) is 0 Å². The van der Waals surface area contributed by atoms with Gasteiger partial charge in [0, 0.05) is 19.3 Å². The Morgan fingerprint density at radius 1 is 1.53 bits per heavy atom. The smallest absolute Gasteiger partial charge is 0.308 e. The van der Waals surface area contributed by atoms with E-state index in [0.29, 0.717) is 0 Å². The lowest BCUT2D eigenvalue weighted by Gasteiger charge is -2.16. The van der Waals surface area contributed by atoms with Gasteiger partial charge in [0.15, 0.2) is 0 Å². The highest BCUT2D eigenvalue weighted by molar-refractivity contribution is 7.89. The molecule has 0 saturated carbocycles. The Bertz CT molecular complexity index is 604. The molecule has 8 heteroatoms. The maximum Gasteiger partial charge on any atom is 0.308 e. The lowest BCUT2D eigenvalue weighted by Crippen LogP contribution is -2.30. The van der Waals surface area contributed by atoms with Gasteiger partial charge in [0.05, 0.1) is 5.92 Å². The summed E-state index contributed by atoms with van der Waals surface area (Å²) in [6.45, 7) is 1.85. The first-order chi connectivity index (χ1) is 8.84. The van der Waals surface area contributed by atoms with Crippen molar-refractivity contribution in [1.29, 1.82) is 0 Å². The predicted molar refractivity (Wildman–Crippen MR) is 68.3 cm³/mol. The zero-order valence-electron chi connectivity index (χ0n) is 10.2. The Hall–Kier alpha value is -1.18. The molecule has 1 aliphatic rings. The summed E-state index contributed by atoms with van der Waals surface area (Å²) >= 11 is 5.79. The van der Waals surface area contributed by atoms with E-state index >= 15 is 0 Å². The molecule has 1 aliphatic heterocycles. The van der Waals surface area contributed by atoms with E-state index in [4.69, 9.17) is 16.7 Å². The number of carboxylic acid groups (broad SMARTS) is 1. The van der Waals surface area contributed by atoms with Crippen LogP contribution in [-0.4, -0.2) is 41.9 Å². The van der Waals surface area contributed by atoms with Gasteiger partial charge in [-0.2, -0.15) is 4.31 Å². The van der Waals surface area contributed by atoms with Crippen molar-refractivity contribution in [1.82, 2.24) is 9.29 Å². The van der Waals surface area contributed by atoms with Crippen molar-refractivity contribution in [2.45, 2.75) is 11.8 Å². The van der Waals surface area contributed by atoms with Crippen molar-refractivity contribution >= 4 is 27.6 Å². The first kappa shape index (κ1) is 14.2. The van der Waals surface area contributed by atoms with Crippen LogP contribution in [0.15, 0.2) is 23.2 Å². The first-order valence-electron chi connectivity index (χ1n) is 5.67. The van der Waals surface area contributed by atoms with E-state index in [9.17, 15) is 13.2 Å². The Morgan fingerprint density at radius 3 is 2.74 bits per heavy atom. The van der Waals surface area contributed by atoms with Gasteiger partial charge in [0.25, 0.3) is 0 Å². The Kier molecular flexibility index (Phi) is 3.80. The molecule has 19 heavy (non-hydrogen) atoms. The molecular weight excluding hydrogens is 292 g/mol. The normalized spacial score (nSPS) is 24.5. The van der Waals surface area contributed by atoms with Gasteiger partial charge in [-0.3, -0.25) is 4.79 Å². The molecule has 1 N–H and O–H groups in total. The van der Waals surface area contributed by atoms with E-state index in [1.165, 1.54) is 18.3 Å². The summed E-state index contributed by atoms with van der Waals surface area (Å²) in [7, 11) is -3.79. The Balaban J connectivity index is 2.33. The fourth-order valence-corrected chi connectivity index (χ4v) is 4.14. The van der Waals surface area contributed by atoms with Crippen LogP contribution in [0.2, 0.25) is 5.15 Å². The third-order valence-electron chi connectivity index (χ3n) is 3.24. The average molecular weight is 305 g/mol. The number of rotatable bonds is 3. The van der Waals surface area contributed by atoms with Crippen LogP contribution in [0.1, 0.15) is 6.92 Å². The third-order valence-corrected chi connectivity index (χ3v) is 5.52. The number of aromatic nitrogens is 1. The lowest BCUT2D eigenvalue weighted by molar-refractivity contribution is -0.142. The number of aliphatic carboxylic acids is 1. The van der Waals surface area contributed by atoms with Gasteiger partial charge in [-0.05, 0) is 18.1 Å². The molecule has 0 amide bonds. The van der Waals surface area contributed by atoms with Gasteiger partial charge >= 0.3 is 5.97 Å². The van der Waals surface area contributed by atoms with Crippen LogP contribution in [0, 0.1) is 11.8 Å². The fourth-order valence-electron chi connectivity index (χ4n) is 2.14. The molecule has 2 atom stereocenters. The molecule has 1 fully saturated rings. The van der Waals surface area contributed by atoms with Crippen LogP contribution in [-0.2, 0) is 14.8 Å². The van der Waals surface area contributed by atoms with Gasteiger partial charge in [0.1, 0.15) is 10.0 Å². The minimum atomic E-state index is -3.79. The van der Waals surface area contributed by atoms with Crippen LogP contribution >= 0.6 is 11.6 Å². The van der Waals surface area contributed by atoms with Gasteiger partial charge in [-0.25, -0.2) is 13.4 Å². The Morgan fingerprint density at radius 2 is 2.21 bits per heavy atom. The number of carboxylic acids is 1. The topological polar surface area (TPSA) is 87.6 Å². The predicted octanol–water partition coefficient (Wildman–Crippen LogP) is 1.08. The summed E-state index contributed by atoms with van der Waals surface area (Å²) in [5.41, 5.74) is 0. The molecule has 0 aromatic carbocycles. The van der Waals surface area contributed by atoms with E-state index in [2.05, 4.69) is 4.98 Å². The van der Waals surface area contributed by atoms with Crippen molar-refractivity contribution in [2.24, 2.45) is 11.8 Å². The van der Waals surface area contributed by atoms with Crippen molar-refractivity contribution in [3.8, 4) is 0 Å². The molecule has 2 rings (SSSR count). The second-order valence-corrected chi connectivity index (χ2v) is 6.80. The van der Waals surface area contributed by atoms with Crippen molar-refractivity contribution in [2.75, 3.05) is 13.1 Å². The van der Waals surface area contributed by atoms with E-state index in [0.717, 1.165) is 4.31 Å². The molecule has 0 radical (unpaired) electrons. The molecule has 1 aromatic heterocycles. The SMILES string of the molecule is C[C@@H]1CN(S(=O)(=O)c2cccnc2Cl)C[C@H]1C(=O)O. The van der Waals surface area contributed by atoms with Crippen molar-refractivity contribution in [3.05, 3.63) is 23.5 Å². The standard InChI is InChI=1S/C11H13ClN2O4S/c1-7-5-14(6-8(7)11(15)16)19(17,18)9-3-2-4-13-10(9)12/h2-4,7-8H,5-6H2,1H3,(H,15,16)/t7-,8-/m1/s1. The summed E-state index contributed by atoms with van der Waals surface area (Å²) in [5.74, 6) is -1.91. The van der Waals surface area contributed by atoms with Gasteiger partial charge in [-0.1, -0.05) is 18.5 Å². The Labute approximate surface area is 116 Å². The molecule has 0 spiro atoms. The van der Waals surface area contributed by atoms with E-state index < -0.39 is 21.9 Å². The molecule has 0 bridgehead atoms. The molecule has 1 aromatic rings. The van der Waals surface area contributed by atoms with Gasteiger partial charge < -0.3 is 5.11 Å². The molecule has 0 unspecified atom stereocenters. The zero-order chi connectivity index (χ0) is 14.2. The molecule has 1 saturated heterocycles. The number of nitrogens with zero attached hydrogens (tertiary/aromatic N) is 2. The summed E-state index contributed by atoms with van der Waals surface area (Å²) in [6.07, 6.45) is 1.40. The van der Waals surface area contributed by atoms with Crippen molar-refractivity contribution < 1.29 is 18.3 Å².